The molecule has 6 heteroatoms. The second-order valence-electron chi connectivity index (χ2n) is 8.62. The molecule has 1 aliphatic carbocycles. The van der Waals surface area contributed by atoms with E-state index in [1.54, 1.807) is 0 Å². The van der Waals surface area contributed by atoms with Crippen molar-refractivity contribution in [2.75, 3.05) is 26.2 Å². The lowest BCUT2D eigenvalue weighted by molar-refractivity contribution is -0.134. The van der Waals surface area contributed by atoms with Crippen LogP contribution in [0.1, 0.15) is 62.9 Å². The molecular formula is C23H32N4O2. The van der Waals surface area contributed by atoms with E-state index in [4.69, 9.17) is 4.52 Å². The minimum absolute atomic E-state index is 0.0531. The van der Waals surface area contributed by atoms with Gasteiger partial charge in [-0.15, -0.1) is 0 Å². The molecule has 1 atom stereocenters. The van der Waals surface area contributed by atoms with E-state index < -0.39 is 0 Å². The zero-order valence-electron chi connectivity index (χ0n) is 17.6. The average molecular weight is 397 g/mol. The van der Waals surface area contributed by atoms with Crippen molar-refractivity contribution in [1.29, 1.82) is 0 Å². The van der Waals surface area contributed by atoms with Gasteiger partial charge in [0.2, 0.25) is 17.6 Å². The van der Waals surface area contributed by atoms with Crippen LogP contribution in [-0.4, -0.2) is 52.0 Å². The van der Waals surface area contributed by atoms with Crippen molar-refractivity contribution in [3.63, 3.8) is 0 Å². The van der Waals surface area contributed by atoms with Crippen molar-refractivity contribution in [2.45, 2.75) is 58.4 Å². The molecule has 6 nitrogen and oxygen atoms in total. The number of aryl methyl sites for hydroxylation is 1. The minimum atomic E-state index is 0.0531. The van der Waals surface area contributed by atoms with Crippen LogP contribution in [0.2, 0.25) is 0 Å². The third kappa shape index (κ3) is 4.86. The summed E-state index contributed by atoms with van der Waals surface area (Å²) in [6.07, 6.45) is 7.10. The Morgan fingerprint density at radius 3 is 2.48 bits per heavy atom. The highest BCUT2D eigenvalue weighted by Gasteiger charge is 2.29. The molecule has 1 unspecified atom stereocenters. The molecule has 0 N–H and O–H groups in total. The molecule has 1 aromatic carbocycles. The molecule has 2 fully saturated rings. The number of carbonyl (C=O) groups excluding carboxylic acids is 1. The Labute approximate surface area is 173 Å². The van der Waals surface area contributed by atoms with Crippen LogP contribution in [0.5, 0.6) is 0 Å². The van der Waals surface area contributed by atoms with Crippen molar-refractivity contribution in [3.05, 3.63) is 35.7 Å². The number of amides is 1. The Morgan fingerprint density at radius 1 is 1.10 bits per heavy atom. The van der Waals surface area contributed by atoms with Gasteiger partial charge in [0.1, 0.15) is 0 Å². The van der Waals surface area contributed by atoms with E-state index in [1.807, 2.05) is 17.0 Å². The van der Waals surface area contributed by atoms with E-state index in [9.17, 15) is 4.79 Å². The van der Waals surface area contributed by atoms with Crippen LogP contribution in [0, 0.1) is 12.8 Å². The molecule has 2 aromatic rings. The number of benzene rings is 1. The molecule has 1 amide bonds. The smallest absolute Gasteiger partial charge is 0.244 e. The minimum Gasteiger partial charge on any atom is -0.340 e. The van der Waals surface area contributed by atoms with Gasteiger partial charge >= 0.3 is 0 Å². The molecule has 156 valence electrons. The largest absolute Gasteiger partial charge is 0.340 e. The number of carbonyl (C=O) groups is 1. The van der Waals surface area contributed by atoms with E-state index in [0.29, 0.717) is 23.5 Å². The lowest BCUT2D eigenvalue weighted by atomic mass is 9.86. The number of rotatable bonds is 5. The SMILES string of the molecule is Cc1ccc(-c2noc(C(C)N3CCN(C(=O)CC4CCCCC4)CC3)n2)cc1. The highest BCUT2D eigenvalue weighted by Crippen LogP contribution is 2.28. The van der Waals surface area contributed by atoms with Crippen molar-refractivity contribution in [2.24, 2.45) is 5.92 Å². The molecule has 1 saturated heterocycles. The molecule has 0 spiro atoms. The molecule has 4 rings (SSSR count). The fourth-order valence-corrected chi connectivity index (χ4v) is 4.51. The first kappa shape index (κ1) is 20.1. The van der Waals surface area contributed by atoms with Gasteiger partial charge < -0.3 is 9.42 Å². The van der Waals surface area contributed by atoms with Gasteiger partial charge in [-0.3, -0.25) is 9.69 Å². The lowest BCUT2D eigenvalue weighted by Crippen LogP contribution is -2.49. The quantitative estimate of drug-likeness (QED) is 0.757. The maximum Gasteiger partial charge on any atom is 0.244 e. The molecule has 29 heavy (non-hydrogen) atoms. The highest BCUT2D eigenvalue weighted by molar-refractivity contribution is 5.76. The molecule has 1 aliphatic heterocycles. The summed E-state index contributed by atoms with van der Waals surface area (Å²) in [7, 11) is 0. The Kier molecular flexibility index (Phi) is 6.28. The van der Waals surface area contributed by atoms with Crippen molar-refractivity contribution < 1.29 is 9.32 Å². The van der Waals surface area contributed by atoms with Gasteiger partial charge in [-0.1, -0.05) is 54.2 Å². The first-order chi connectivity index (χ1) is 14.1. The normalized spacial score (nSPS) is 20.0. The Bertz CT molecular complexity index is 803. The Hall–Kier alpha value is -2.21. The summed E-state index contributed by atoms with van der Waals surface area (Å²) >= 11 is 0. The Morgan fingerprint density at radius 2 is 1.79 bits per heavy atom. The van der Waals surface area contributed by atoms with Crippen LogP contribution in [0.4, 0.5) is 0 Å². The maximum absolute atomic E-state index is 12.7. The van der Waals surface area contributed by atoms with Gasteiger partial charge in [-0.05, 0) is 32.6 Å². The van der Waals surface area contributed by atoms with E-state index in [-0.39, 0.29) is 6.04 Å². The second kappa shape index (κ2) is 9.08. The fraction of sp³-hybridized carbons (Fsp3) is 0.609. The monoisotopic (exact) mass is 396 g/mol. The van der Waals surface area contributed by atoms with E-state index in [1.165, 1.54) is 37.7 Å². The third-order valence-corrected chi connectivity index (χ3v) is 6.51. The van der Waals surface area contributed by atoms with E-state index in [2.05, 4.69) is 41.0 Å². The molecule has 0 radical (unpaired) electrons. The molecule has 2 heterocycles. The van der Waals surface area contributed by atoms with Crippen molar-refractivity contribution in [3.8, 4) is 11.4 Å². The first-order valence-electron chi connectivity index (χ1n) is 11.0. The topological polar surface area (TPSA) is 62.5 Å². The Balaban J connectivity index is 1.30. The summed E-state index contributed by atoms with van der Waals surface area (Å²) in [5.41, 5.74) is 2.18. The zero-order valence-corrected chi connectivity index (χ0v) is 17.6. The van der Waals surface area contributed by atoms with Crippen LogP contribution in [0.25, 0.3) is 11.4 Å². The fourth-order valence-electron chi connectivity index (χ4n) is 4.51. The molecule has 2 aliphatic rings. The predicted molar refractivity (Wildman–Crippen MR) is 112 cm³/mol. The van der Waals surface area contributed by atoms with E-state index >= 15 is 0 Å². The summed E-state index contributed by atoms with van der Waals surface area (Å²) in [5.74, 6) is 2.21. The van der Waals surface area contributed by atoms with Gasteiger partial charge in [-0.2, -0.15) is 4.98 Å². The first-order valence-corrected chi connectivity index (χ1v) is 11.0. The molecule has 0 bridgehead atoms. The molecular weight excluding hydrogens is 364 g/mol. The third-order valence-electron chi connectivity index (χ3n) is 6.51. The average Bonchev–Trinajstić information content (AvgIpc) is 3.25. The summed E-state index contributed by atoms with van der Waals surface area (Å²) in [4.78, 5) is 21.7. The number of aromatic nitrogens is 2. The van der Waals surface area contributed by atoms with Gasteiger partial charge in [-0.25, -0.2) is 0 Å². The highest BCUT2D eigenvalue weighted by atomic mass is 16.5. The van der Waals surface area contributed by atoms with Gasteiger partial charge in [0.15, 0.2) is 0 Å². The van der Waals surface area contributed by atoms with Gasteiger partial charge in [0, 0.05) is 38.2 Å². The number of piperazine rings is 1. The van der Waals surface area contributed by atoms with Crippen LogP contribution < -0.4 is 0 Å². The lowest BCUT2D eigenvalue weighted by Gasteiger charge is -2.37. The summed E-state index contributed by atoms with van der Waals surface area (Å²) < 4.78 is 5.56. The summed E-state index contributed by atoms with van der Waals surface area (Å²) in [5, 5.41) is 4.16. The van der Waals surface area contributed by atoms with Crippen molar-refractivity contribution in [1.82, 2.24) is 19.9 Å². The number of hydrogen-bond acceptors (Lipinski definition) is 5. The number of hydrogen-bond donors (Lipinski definition) is 0. The summed E-state index contributed by atoms with van der Waals surface area (Å²) in [6.45, 7) is 7.43. The molecule has 1 aromatic heterocycles. The summed E-state index contributed by atoms with van der Waals surface area (Å²) in [6, 6.07) is 8.20. The molecule has 1 saturated carbocycles. The standard InChI is InChI=1S/C23H32N4O2/c1-17-8-10-20(11-9-17)22-24-23(29-25-22)18(2)26-12-14-27(15-13-26)21(28)16-19-6-4-3-5-7-19/h8-11,18-19H,3-7,12-16H2,1-2H3. The van der Waals surface area contributed by atoms with E-state index in [0.717, 1.165) is 38.2 Å². The maximum atomic E-state index is 12.7. The second-order valence-corrected chi connectivity index (χ2v) is 8.62. The van der Waals surface area contributed by atoms with Crippen LogP contribution in [-0.2, 0) is 4.79 Å². The predicted octanol–water partition coefficient (Wildman–Crippen LogP) is 4.22. The number of nitrogens with zero attached hydrogens (tertiary/aromatic N) is 4. The zero-order chi connectivity index (χ0) is 20.2. The van der Waals surface area contributed by atoms with Crippen LogP contribution in [0.15, 0.2) is 28.8 Å². The van der Waals surface area contributed by atoms with Crippen LogP contribution >= 0.6 is 0 Å². The van der Waals surface area contributed by atoms with Crippen molar-refractivity contribution >= 4 is 5.91 Å². The van der Waals surface area contributed by atoms with Gasteiger partial charge in [0.05, 0.1) is 6.04 Å². The van der Waals surface area contributed by atoms with Gasteiger partial charge in [0.25, 0.3) is 0 Å². The van der Waals surface area contributed by atoms with Crippen LogP contribution in [0.3, 0.4) is 0 Å².